The minimum absolute atomic E-state index is 0.0531. The van der Waals surface area contributed by atoms with Gasteiger partial charge < -0.3 is 9.55 Å². The maximum absolute atomic E-state index is 11.8. The zero-order valence-corrected chi connectivity index (χ0v) is 10.8. The van der Waals surface area contributed by atoms with Gasteiger partial charge in [-0.3, -0.25) is 9.00 Å². The summed E-state index contributed by atoms with van der Waals surface area (Å²) in [6.45, 7) is 2.60. The average molecular weight is 252 g/mol. The maximum Gasteiger partial charge on any atom is 0.272 e. The molecule has 0 saturated heterocycles. The Balaban J connectivity index is 2.30. The highest BCUT2D eigenvalue weighted by Crippen LogP contribution is 2.12. The Labute approximate surface area is 102 Å². The van der Waals surface area contributed by atoms with Gasteiger partial charge in [0.05, 0.1) is 0 Å². The summed E-state index contributed by atoms with van der Waals surface area (Å²) >= 11 is 0. The van der Waals surface area contributed by atoms with E-state index in [9.17, 15) is 9.00 Å². The fourth-order valence-electron chi connectivity index (χ4n) is 2.00. The van der Waals surface area contributed by atoms with E-state index in [2.05, 4.69) is 4.98 Å². The van der Waals surface area contributed by atoms with Gasteiger partial charge in [-0.15, -0.1) is 0 Å². The summed E-state index contributed by atoms with van der Waals surface area (Å²) in [5, 5.41) is 0.962. The van der Waals surface area contributed by atoms with Gasteiger partial charge in [0.2, 0.25) is 0 Å². The van der Waals surface area contributed by atoms with Crippen LogP contribution in [0.15, 0.2) is 23.1 Å². The van der Waals surface area contributed by atoms with Crippen molar-refractivity contribution in [3.63, 3.8) is 0 Å². The lowest BCUT2D eigenvalue weighted by molar-refractivity contribution is 0.669. The number of H-pyrrole nitrogens is 1. The van der Waals surface area contributed by atoms with Crippen LogP contribution in [-0.2, 0) is 17.3 Å². The smallest absolute Gasteiger partial charge is 0.272 e. The fourth-order valence-corrected chi connectivity index (χ4v) is 2.54. The van der Waals surface area contributed by atoms with Crippen LogP contribution < -0.4 is 5.56 Å². The number of aromatic amines is 1. The molecule has 5 heteroatoms. The summed E-state index contributed by atoms with van der Waals surface area (Å²) < 4.78 is 12.9. The Kier molecular flexibility index (Phi) is 3.47. The van der Waals surface area contributed by atoms with Gasteiger partial charge in [0.25, 0.3) is 5.56 Å². The van der Waals surface area contributed by atoms with Crippen molar-refractivity contribution < 1.29 is 4.21 Å². The summed E-state index contributed by atoms with van der Waals surface area (Å²) in [5.74, 6) is 0.670. The number of hydrogen-bond donors (Lipinski definition) is 1. The van der Waals surface area contributed by atoms with E-state index in [0.29, 0.717) is 11.3 Å². The summed E-state index contributed by atoms with van der Waals surface area (Å²) in [7, 11) is -0.769. The van der Waals surface area contributed by atoms with E-state index in [-0.39, 0.29) is 5.56 Å². The predicted molar refractivity (Wildman–Crippen MR) is 70.8 cm³/mol. The van der Waals surface area contributed by atoms with Crippen molar-refractivity contribution in [3.8, 4) is 0 Å². The number of aromatic nitrogens is 2. The minimum Gasteiger partial charge on any atom is -0.343 e. The molecule has 0 amide bonds. The molecule has 0 radical (unpaired) electrons. The standard InChI is InChI=1S/C12H16N2O2S/c1-9-8-10-4-6-14(5-3-7-17(2)16)11(10)12(15)13-9/h4,6,8H,3,5,7H2,1-2H3,(H,13,15). The van der Waals surface area contributed by atoms with Crippen molar-refractivity contribution in [1.82, 2.24) is 9.55 Å². The van der Waals surface area contributed by atoms with Crippen LogP contribution >= 0.6 is 0 Å². The van der Waals surface area contributed by atoms with Gasteiger partial charge in [-0.05, 0) is 25.5 Å². The van der Waals surface area contributed by atoms with Gasteiger partial charge in [0, 0.05) is 46.6 Å². The summed E-state index contributed by atoms with van der Waals surface area (Å²) in [5.41, 5.74) is 1.52. The van der Waals surface area contributed by atoms with Crippen LogP contribution in [0.3, 0.4) is 0 Å². The van der Waals surface area contributed by atoms with Crippen LogP contribution in [0, 0.1) is 6.92 Å². The quantitative estimate of drug-likeness (QED) is 0.894. The third-order valence-corrected chi connectivity index (χ3v) is 3.59. The molecule has 2 aromatic rings. The monoisotopic (exact) mass is 252 g/mol. The highest BCUT2D eigenvalue weighted by Gasteiger charge is 2.05. The van der Waals surface area contributed by atoms with Crippen LogP contribution in [-0.4, -0.2) is 25.8 Å². The van der Waals surface area contributed by atoms with Crippen LogP contribution in [0.5, 0.6) is 0 Å². The molecule has 1 N–H and O–H groups in total. The molecule has 0 spiro atoms. The average Bonchev–Trinajstić information content (AvgIpc) is 2.60. The number of rotatable bonds is 4. The Morgan fingerprint density at radius 2 is 2.24 bits per heavy atom. The molecule has 0 bridgehead atoms. The van der Waals surface area contributed by atoms with E-state index in [1.165, 1.54) is 0 Å². The number of nitrogens with one attached hydrogen (secondary N) is 1. The van der Waals surface area contributed by atoms with Crippen LogP contribution in [0.25, 0.3) is 10.9 Å². The van der Waals surface area contributed by atoms with Crippen molar-refractivity contribution >= 4 is 21.7 Å². The Morgan fingerprint density at radius 1 is 1.47 bits per heavy atom. The Hall–Kier alpha value is -1.36. The van der Waals surface area contributed by atoms with Gasteiger partial charge in [-0.2, -0.15) is 0 Å². The number of hydrogen-bond acceptors (Lipinski definition) is 2. The summed E-state index contributed by atoms with van der Waals surface area (Å²) in [4.78, 5) is 14.6. The first-order valence-corrected chi connectivity index (χ1v) is 7.29. The lowest BCUT2D eigenvalue weighted by Gasteiger charge is -2.04. The molecular weight excluding hydrogens is 236 g/mol. The number of fused-ring (bicyclic) bond motifs is 1. The normalized spacial score (nSPS) is 13.1. The van der Waals surface area contributed by atoms with E-state index in [4.69, 9.17) is 0 Å². The first kappa shape index (κ1) is 12.1. The molecule has 0 aliphatic carbocycles. The molecule has 0 aliphatic rings. The second-order valence-electron chi connectivity index (χ2n) is 4.23. The van der Waals surface area contributed by atoms with Gasteiger partial charge in [0.1, 0.15) is 5.52 Å². The van der Waals surface area contributed by atoms with Gasteiger partial charge in [0.15, 0.2) is 0 Å². The largest absolute Gasteiger partial charge is 0.343 e. The summed E-state index contributed by atoms with van der Waals surface area (Å²) in [6.07, 6.45) is 4.43. The highest BCUT2D eigenvalue weighted by molar-refractivity contribution is 7.84. The second-order valence-corrected chi connectivity index (χ2v) is 5.78. The molecule has 17 heavy (non-hydrogen) atoms. The van der Waals surface area contributed by atoms with Crippen LogP contribution in [0.4, 0.5) is 0 Å². The topological polar surface area (TPSA) is 54.9 Å². The van der Waals surface area contributed by atoms with Crippen molar-refractivity contribution in [2.45, 2.75) is 19.9 Å². The molecule has 4 nitrogen and oxygen atoms in total. The fraction of sp³-hybridized carbons (Fsp3) is 0.417. The Morgan fingerprint density at radius 3 is 2.94 bits per heavy atom. The SMILES string of the molecule is Cc1cc2ccn(CCCS(C)=O)c2c(=O)[nH]1. The molecule has 92 valence electrons. The number of pyridine rings is 1. The third kappa shape index (κ3) is 2.66. The molecule has 1 atom stereocenters. The minimum atomic E-state index is -0.769. The molecule has 0 fully saturated rings. The first-order chi connectivity index (χ1) is 8.08. The maximum atomic E-state index is 11.8. The molecule has 2 aromatic heterocycles. The van der Waals surface area contributed by atoms with E-state index in [1.807, 2.05) is 29.8 Å². The van der Waals surface area contributed by atoms with Crippen molar-refractivity contribution in [3.05, 3.63) is 34.4 Å². The third-order valence-electron chi connectivity index (χ3n) is 2.72. The van der Waals surface area contributed by atoms with E-state index >= 15 is 0 Å². The lowest BCUT2D eigenvalue weighted by atomic mass is 10.3. The molecule has 2 rings (SSSR count). The zero-order valence-electron chi connectivity index (χ0n) is 10.0. The van der Waals surface area contributed by atoms with Gasteiger partial charge >= 0.3 is 0 Å². The lowest BCUT2D eigenvalue weighted by Crippen LogP contribution is -2.12. The van der Waals surface area contributed by atoms with Crippen LogP contribution in [0.2, 0.25) is 0 Å². The van der Waals surface area contributed by atoms with E-state index in [1.54, 1.807) is 6.26 Å². The summed E-state index contributed by atoms with van der Waals surface area (Å²) in [6, 6.07) is 3.91. The second kappa shape index (κ2) is 4.87. The van der Waals surface area contributed by atoms with Crippen LogP contribution in [0.1, 0.15) is 12.1 Å². The number of aryl methyl sites for hydroxylation is 2. The molecule has 0 aromatic carbocycles. The van der Waals surface area contributed by atoms with Crippen molar-refractivity contribution in [2.75, 3.05) is 12.0 Å². The van der Waals surface area contributed by atoms with Crippen molar-refractivity contribution in [1.29, 1.82) is 0 Å². The van der Waals surface area contributed by atoms with Gasteiger partial charge in [-0.1, -0.05) is 0 Å². The Bertz CT molecular complexity index is 612. The number of nitrogens with zero attached hydrogens (tertiary/aromatic N) is 1. The predicted octanol–water partition coefficient (Wildman–Crippen LogP) is 1.41. The van der Waals surface area contributed by atoms with E-state index < -0.39 is 10.8 Å². The molecule has 1 unspecified atom stereocenters. The van der Waals surface area contributed by atoms with Gasteiger partial charge in [-0.25, -0.2) is 0 Å². The highest BCUT2D eigenvalue weighted by atomic mass is 32.2. The molecular formula is C12H16N2O2S. The molecule has 2 heterocycles. The van der Waals surface area contributed by atoms with E-state index in [0.717, 1.165) is 24.0 Å². The first-order valence-electron chi connectivity index (χ1n) is 5.57. The molecule has 0 saturated carbocycles. The van der Waals surface area contributed by atoms with Crippen molar-refractivity contribution in [2.24, 2.45) is 0 Å². The molecule has 0 aliphatic heterocycles. The zero-order chi connectivity index (χ0) is 12.4.